The molecule has 7 heteroatoms. The third kappa shape index (κ3) is 2.85. The molecule has 3 aromatic rings. The Kier molecular flexibility index (Phi) is 4.29. The van der Waals surface area contributed by atoms with E-state index in [0.29, 0.717) is 25.0 Å². The number of imidazole rings is 1. The molecule has 1 amide bonds. The molecular formula is C21H23N5O2. The van der Waals surface area contributed by atoms with E-state index in [1.54, 1.807) is 6.20 Å². The average Bonchev–Trinajstić information content (AvgIpc) is 3.29. The first kappa shape index (κ1) is 17.3. The molecule has 7 nitrogen and oxygen atoms in total. The first-order chi connectivity index (χ1) is 13.7. The topological polar surface area (TPSA) is 84.8 Å². The second-order valence-corrected chi connectivity index (χ2v) is 7.83. The fraction of sp³-hybridized carbons (Fsp3) is 0.476. The van der Waals surface area contributed by atoms with E-state index in [1.165, 1.54) is 0 Å². The van der Waals surface area contributed by atoms with Crippen molar-refractivity contribution in [2.75, 3.05) is 13.2 Å². The van der Waals surface area contributed by atoms with Crippen molar-refractivity contribution in [1.82, 2.24) is 24.8 Å². The molecule has 1 aliphatic heterocycles. The summed E-state index contributed by atoms with van der Waals surface area (Å²) < 4.78 is 7.33. The van der Waals surface area contributed by atoms with Gasteiger partial charge in [-0.25, -0.2) is 9.97 Å². The Morgan fingerprint density at radius 2 is 2.18 bits per heavy atom. The SMILES string of the molecule is C#CC[C@H]1CC[C@H](n2c(C(=O)NC3COC3)nc3cnc4[nH]ccc4c32)CC1. The minimum atomic E-state index is -0.140. The Morgan fingerprint density at radius 3 is 2.89 bits per heavy atom. The van der Waals surface area contributed by atoms with Gasteiger partial charge in [0.2, 0.25) is 0 Å². The van der Waals surface area contributed by atoms with Crippen LogP contribution in [0.3, 0.4) is 0 Å². The number of aromatic amines is 1. The zero-order valence-corrected chi connectivity index (χ0v) is 15.6. The normalized spacial score (nSPS) is 22.8. The fourth-order valence-corrected chi connectivity index (χ4v) is 4.45. The highest BCUT2D eigenvalue weighted by molar-refractivity contribution is 6.04. The van der Waals surface area contributed by atoms with Gasteiger partial charge in [0, 0.05) is 24.0 Å². The number of rotatable bonds is 4. The summed E-state index contributed by atoms with van der Waals surface area (Å²) in [7, 11) is 0. The third-order valence-corrected chi connectivity index (χ3v) is 6.00. The van der Waals surface area contributed by atoms with Crippen molar-refractivity contribution in [3.8, 4) is 12.3 Å². The lowest BCUT2D eigenvalue weighted by atomic mass is 9.84. The number of pyridine rings is 1. The van der Waals surface area contributed by atoms with Crippen molar-refractivity contribution in [2.24, 2.45) is 5.92 Å². The maximum absolute atomic E-state index is 13.0. The number of H-pyrrole nitrogens is 1. The molecule has 2 N–H and O–H groups in total. The maximum atomic E-state index is 13.0. The molecule has 0 spiro atoms. The summed E-state index contributed by atoms with van der Waals surface area (Å²) in [4.78, 5) is 25.3. The molecule has 1 saturated heterocycles. The van der Waals surface area contributed by atoms with Crippen LogP contribution >= 0.6 is 0 Å². The lowest BCUT2D eigenvalue weighted by Crippen LogP contribution is -2.49. The van der Waals surface area contributed by atoms with E-state index in [2.05, 4.69) is 30.8 Å². The van der Waals surface area contributed by atoms with Crippen LogP contribution in [-0.2, 0) is 4.74 Å². The first-order valence-electron chi connectivity index (χ1n) is 9.90. The third-order valence-electron chi connectivity index (χ3n) is 6.00. The number of carbonyl (C=O) groups is 1. The Hall–Kier alpha value is -2.85. The molecule has 4 heterocycles. The van der Waals surface area contributed by atoms with E-state index in [0.717, 1.165) is 54.2 Å². The first-order valence-corrected chi connectivity index (χ1v) is 9.90. The van der Waals surface area contributed by atoms with E-state index in [1.807, 2.05) is 12.3 Å². The number of nitrogens with zero attached hydrogens (tertiary/aromatic N) is 3. The van der Waals surface area contributed by atoms with Crippen LogP contribution < -0.4 is 5.32 Å². The number of aromatic nitrogens is 4. The Balaban J connectivity index is 1.57. The van der Waals surface area contributed by atoms with Gasteiger partial charge in [-0.15, -0.1) is 12.3 Å². The molecule has 1 aliphatic carbocycles. The molecule has 0 unspecified atom stereocenters. The predicted octanol–water partition coefficient (Wildman–Crippen LogP) is 2.80. The fourth-order valence-electron chi connectivity index (χ4n) is 4.45. The summed E-state index contributed by atoms with van der Waals surface area (Å²) in [6, 6.07) is 2.31. The number of fused-ring (bicyclic) bond motifs is 3. The molecule has 0 aromatic carbocycles. The summed E-state index contributed by atoms with van der Waals surface area (Å²) in [5.74, 6) is 3.70. The number of hydrogen-bond donors (Lipinski definition) is 2. The Bertz CT molecular complexity index is 1060. The molecule has 2 aliphatic rings. The summed E-state index contributed by atoms with van der Waals surface area (Å²) in [5.41, 5.74) is 2.56. The second kappa shape index (κ2) is 6.95. The van der Waals surface area contributed by atoms with Crippen molar-refractivity contribution in [2.45, 2.75) is 44.2 Å². The van der Waals surface area contributed by atoms with E-state index >= 15 is 0 Å². The summed E-state index contributed by atoms with van der Waals surface area (Å²) in [6.45, 7) is 1.12. The second-order valence-electron chi connectivity index (χ2n) is 7.83. The smallest absolute Gasteiger partial charge is 0.287 e. The van der Waals surface area contributed by atoms with Crippen LogP contribution in [0.25, 0.3) is 22.1 Å². The minimum absolute atomic E-state index is 0.0672. The van der Waals surface area contributed by atoms with Gasteiger partial charge in [0.05, 0.1) is 31.0 Å². The van der Waals surface area contributed by atoms with Crippen LogP contribution in [-0.4, -0.2) is 44.7 Å². The number of carbonyl (C=O) groups excluding carboxylic acids is 1. The highest BCUT2D eigenvalue weighted by Crippen LogP contribution is 2.37. The van der Waals surface area contributed by atoms with E-state index in [-0.39, 0.29) is 18.0 Å². The molecule has 0 bridgehead atoms. The van der Waals surface area contributed by atoms with Crippen molar-refractivity contribution in [1.29, 1.82) is 0 Å². The van der Waals surface area contributed by atoms with Crippen molar-refractivity contribution < 1.29 is 9.53 Å². The molecule has 2 fully saturated rings. The number of ether oxygens (including phenoxy) is 1. The minimum Gasteiger partial charge on any atom is -0.377 e. The van der Waals surface area contributed by atoms with Gasteiger partial charge in [0.1, 0.15) is 11.2 Å². The van der Waals surface area contributed by atoms with Gasteiger partial charge >= 0.3 is 0 Å². The molecule has 3 aromatic heterocycles. The van der Waals surface area contributed by atoms with E-state index < -0.39 is 0 Å². The lowest BCUT2D eigenvalue weighted by Gasteiger charge is -2.31. The highest BCUT2D eigenvalue weighted by atomic mass is 16.5. The van der Waals surface area contributed by atoms with Gasteiger partial charge < -0.3 is 19.6 Å². The number of nitrogens with one attached hydrogen (secondary N) is 2. The number of terminal acetylenes is 1. The molecular weight excluding hydrogens is 354 g/mol. The van der Waals surface area contributed by atoms with Crippen LogP contribution in [0.4, 0.5) is 0 Å². The van der Waals surface area contributed by atoms with Crippen molar-refractivity contribution in [3.63, 3.8) is 0 Å². The Morgan fingerprint density at radius 1 is 1.36 bits per heavy atom. The standard InChI is InChI=1S/C21H23N5O2/c1-2-3-13-4-6-15(7-5-13)26-18-16-8-9-22-19(16)23-10-17(18)25-20(26)21(27)24-14-11-28-12-14/h1,8-10,13-15H,3-7,11-12H2,(H,22,23)(H,24,27)/t13-,15-. The van der Waals surface area contributed by atoms with E-state index in [9.17, 15) is 4.79 Å². The van der Waals surface area contributed by atoms with Gasteiger partial charge in [-0.2, -0.15) is 0 Å². The van der Waals surface area contributed by atoms with E-state index in [4.69, 9.17) is 11.2 Å². The van der Waals surface area contributed by atoms with Crippen molar-refractivity contribution in [3.05, 3.63) is 24.3 Å². The molecule has 28 heavy (non-hydrogen) atoms. The molecule has 144 valence electrons. The van der Waals surface area contributed by atoms with Crippen LogP contribution in [0.2, 0.25) is 0 Å². The molecule has 0 radical (unpaired) electrons. The van der Waals surface area contributed by atoms with Crippen LogP contribution in [0, 0.1) is 18.3 Å². The predicted molar refractivity (Wildman–Crippen MR) is 106 cm³/mol. The van der Waals surface area contributed by atoms with Gasteiger partial charge in [-0.05, 0) is 37.7 Å². The van der Waals surface area contributed by atoms with Crippen molar-refractivity contribution >= 4 is 28.0 Å². The van der Waals surface area contributed by atoms with Gasteiger partial charge in [0.15, 0.2) is 5.82 Å². The summed E-state index contributed by atoms with van der Waals surface area (Å²) in [5, 5.41) is 4.04. The molecule has 0 atom stereocenters. The largest absolute Gasteiger partial charge is 0.377 e. The number of amides is 1. The maximum Gasteiger partial charge on any atom is 0.287 e. The average molecular weight is 377 g/mol. The Labute approximate surface area is 162 Å². The lowest BCUT2D eigenvalue weighted by molar-refractivity contribution is -0.00374. The monoisotopic (exact) mass is 377 g/mol. The summed E-state index contributed by atoms with van der Waals surface area (Å²) >= 11 is 0. The van der Waals surface area contributed by atoms with Gasteiger partial charge in [-0.3, -0.25) is 4.79 Å². The summed E-state index contributed by atoms with van der Waals surface area (Å²) in [6.07, 6.45) is 14.1. The van der Waals surface area contributed by atoms with Crippen LogP contribution in [0.5, 0.6) is 0 Å². The highest BCUT2D eigenvalue weighted by Gasteiger charge is 2.30. The zero-order valence-electron chi connectivity index (χ0n) is 15.6. The molecule has 5 rings (SSSR count). The van der Waals surface area contributed by atoms with Gasteiger partial charge in [0.25, 0.3) is 5.91 Å². The zero-order chi connectivity index (χ0) is 19.1. The number of hydrogen-bond acceptors (Lipinski definition) is 4. The van der Waals surface area contributed by atoms with Crippen LogP contribution in [0.15, 0.2) is 18.5 Å². The quantitative estimate of drug-likeness (QED) is 0.685. The molecule has 1 saturated carbocycles. The van der Waals surface area contributed by atoms with Crippen LogP contribution in [0.1, 0.15) is 48.8 Å². The van der Waals surface area contributed by atoms with Gasteiger partial charge in [-0.1, -0.05) is 0 Å².